The maximum atomic E-state index is 14.6. The van der Waals surface area contributed by atoms with Gasteiger partial charge in [-0.2, -0.15) is 0 Å². The van der Waals surface area contributed by atoms with E-state index in [9.17, 15) is 9.50 Å². The molecule has 3 nitrogen and oxygen atoms in total. The van der Waals surface area contributed by atoms with Gasteiger partial charge >= 0.3 is 0 Å². The van der Waals surface area contributed by atoms with Gasteiger partial charge in [0.1, 0.15) is 0 Å². The summed E-state index contributed by atoms with van der Waals surface area (Å²) in [6, 6.07) is 13.5. The van der Waals surface area contributed by atoms with Crippen molar-refractivity contribution in [1.82, 2.24) is 5.32 Å². The van der Waals surface area contributed by atoms with Crippen LogP contribution >= 0.6 is 0 Å². The number of rotatable bonds is 6. The molecule has 4 heteroatoms. The van der Waals surface area contributed by atoms with Gasteiger partial charge in [-0.25, -0.2) is 4.39 Å². The van der Waals surface area contributed by atoms with Gasteiger partial charge in [0.2, 0.25) is 0 Å². The summed E-state index contributed by atoms with van der Waals surface area (Å²) in [6.45, 7) is 0.407. The van der Waals surface area contributed by atoms with Crippen LogP contribution in [0, 0.1) is 5.82 Å². The average molecular weight is 327 g/mol. The fraction of sp³-hybridized carbons (Fsp3) is 0.400. The lowest BCUT2D eigenvalue weighted by atomic mass is 9.96. The van der Waals surface area contributed by atoms with Crippen molar-refractivity contribution in [2.75, 3.05) is 6.61 Å². The summed E-state index contributed by atoms with van der Waals surface area (Å²) < 4.78 is 20.2. The van der Waals surface area contributed by atoms with Crippen LogP contribution in [0.25, 0.3) is 0 Å². The highest BCUT2D eigenvalue weighted by Gasteiger charge is 2.36. The summed E-state index contributed by atoms with van der Waals surface area (Å²) in [5.41, 5.74) is 2.68. The molecule has 0 radical (unpaired) electrons. The second-order valence-corrected chi connectivity index (χ2v) is 6.96. The van der Waals surface area contributed by atoms with Crippen LogP contribution in [0.1, 0.15) is 29.5 Å². The number of aliphatic hydroxyl groups is 1. The van der Waals surface area contributed by atoms with Crippen molar-refractivity contribution in [2.45, 2.75) is 43.9 Å². The van der Waals surface area contributed by atoms with E-state index in [1.54, 1.807) is 12.1 Å². The summed E-state index contributed by atoms with van der Waals surface area (Å²) in [5, 5.41) is 13.3. The Bertz CT molecular complexity index is 717. The Morgan fingerprint density at radius 1 is 1.08 bits per heavy atom. The molecule has 0 aliphatic heterocycles. The van der Waals surface area contributed by atoms with E-state index in [1.807, 2.05) is 18.2 Å². The number of hydrogen-bond acceptors (Lipinski definition) is 3. The molecule has 2 aliphatic rings. The lowest BCUT2D eigenvalue weighted by molar-refractivity contribution is 0.165. The molecular weight excluding hydrogens is 305 g/mol. The SMILES string of the molecule is OCC1(NCc2cccc(OC3CC3)c2F)Cc2ccccc2C1. The van der Waals surface area contributed by atoms with Crippen LogP contribution in [0.15, 0.2) is 42.5 Å². The zero-order valence-electron chi connectivity index (χ0n) is 13.6. The summed E-state index contributed by atoms with van der Waals surface area (Å²) in [4.78, 5) is 0. The predicted octanol–water partition coefficient (Wildman–Crippen LogP) is 2.99. The molecule has 1 fully saturated rings. The number of ether oxygens (including phenoxy) is 1. The molecule has 1 saturated carbocycles. The third-order valence-corrected chi connectivity index (χ3v) is 4.99. The molecule has 2 N–H and O–H groups in total. The summed E-state index contributed by atoms with van der Waals surface area (Å²) in [6.07, 6.45) is 3.72. The Labute approximate surface area is 141 Å². The smallest absolute Gasteiger partial charge is 0.169 e. The molecule has 2 aromatic rings. The second-order valence-electron chi connectivity index (χ2n) is 6.96. The molecular formula is C20H22FNO2. The van der Waals surface area contributed by atoms with Crippen molar-refractivity contribution < 1.29 is 14.2 Å². The Morgan fingerprint density at radius 3 is 2.42 bits per heavy atom. The van der Waals surface area contributed by atoms with Crippen molar-refractivity contribution in [2.24, 2.45) is 0 Å². The molecule has 0 aromatic heterocycles. The second kappa shape index (κ2) is 6.19. The van der Waals surface area contributed by atoms with Gasteiger partial charge in [0, 0.05) is 17.6 Å². The number of fused-ring (bicyclic) bond motifs is 1. The molecule has 126 valence electrons. The largest absolute Gasteiger partial charge is 0.487 e. The number of nitrogens with one attached hydrogen (secondary N) is 1. The Kier molecular flexibility index (Phi) is 4.02. The third kappa shape index (κ3) is 3.04. The van der Waals surface area contributed by atoms with E-state index < -0.39 is 5.54 Å². The van der Waals surface area contributed by atoms with Crippen LogP contribution in [0.2, 0.25) is 0 Å². The topological polar surface area (TPSA) is 41.5 Å². The van der Waals surface area contributed by atoms with Crippen LogP contribution in [-0.4, -0.2) is 23.4 Å². The first-order valence-corrected chi connectivity index (χ1v) is 8.56. The van der Waals surface area contributed by atoms with Crippen molar-refractivity contribution in [1.29, 1.82) is 0 Å². The van der Waals surface area contributed by atoms with Crippen molar-refractivity contribution in [3.05, 3.63) is 65.0 Å². The molecule has 2 aliphatic carbocycles. The summed E-state index contributed by atoms with van der Waals surface area (Å²) >= 11 is 0. The fourth-order valence-electron chi connectivity index (χ4n) is 3.42. The number of halogens is 1. The lowest BCUT2D eigenvalue weighted by Crippen LogP contribution is -2.49. The first-order chi connectivity index (χ1) is 11.7. The van der Waals surface area contributed by atoms with E-state index in [2.05, 4.69) is 17.4 Å². The van der Waals surface area contributed by atoms with Crippen molar-refractivity contribution in [3.8, 4) is 5.75 Å². The zero-order chi connectivity index (χ0) is 16.6. The minimum atomic E-state index is -0.413. The van der Waals surface area contributed by atoms with E-state index in [0.717, 1.165) is 25.7 Å². The molecule has 0 saturated heterocycles. The number of hydrogen-bond donors (Lipinski definition) is 2. The van der Waals surface area contributed by atoms with E-state index in [4.69, 9.17) is 4.74 Å². The predicted molar refractivity (Wildman–Crippen MR) is 90.6 cm³/mol. The van der Waals surface area contributed by atoms with Crippen LogP contribution in [0.3, 0.4) is 0 Å². The van der Waals surface area contributed by atoms with E-state index in [-0.39, 0.29) is 18.5 Å². The van der Waals surface area contributed by atoms with E-state index in [0.29, 0.717) is 17.9 Å². The molecule has 0 spiro atoms. The normalized spacial score (nSPS) is 18.4. The van der Waals surface area contributed by atoms with Gasteiger partial charge in [0.25, 0.3) is 0 Å². The standard InChI is InChI=1S/C20H22FNO2/c21-19-16(6-3-7-18(19)24-17-8-9-17)12-22-20(13-23)10-14-4-1-2-5-15(14)11-20/h1-7,17,22-23H,8-13H2. The van der Waals surface area contributed by atoms with Gasteiger partial charge in [-0.3, -0.25) is 0 Å². The van der Waals surface area contributed by atoms with Crippen molar-refractivity contribution in [3.63, 3.8) is 0 Å². The molecule has 24 heavy (non-hydrogen) atoms. The van der Waals surface area contributed by atoms with Gasteiger partial charge in [-0.05, 0) is 42.9 Å². The van der Waals surface area contributed by atoms with Crippen molar-refractivity contribution >= 4 is 0 Å². The average Bonchev–Trinajstić information content (AvgIpc) is 3.33. The minimum absolute atomic E-state index is 0.0293. The van der Waals surface area contributed by atoms with Gasteiger partial charge in [0.15, 0.2) is 11.6 Å². The maximum Gasteiger partial charge on any atom is 0.169 e. The summed E-state index contributed by atoms with van der Waals surface area (Å²) in [7, 11) is 0. The Hall–Kier alpha value is -1.91. The lowest BCUT2D eigenvalue weighted by Gasteiger charge is -2.28. The molecule has 2 aromatic carbocycles. The molecule has 0 unspecified atom stereocenters. The van der Waals surface area contributed by atoms with Gasteiger partial charge in [-0.15, -0.1) is 0 Å². The van der Waals surface area contributed by atoms with E-state index in [1.165, 1.54) is 11.1 Å². The third-order valence-electron chi connectivity index (χ3n) is 4.99. The molecule has 0 amide bonds. The molecule has 0 bridgehead atoms. The van der Waals surface area contributed by atoms with Gasteiger partial charge < -0.3 is 15.2 Å². The molecule has 0 atom stereocenters. The zero-order valence-corrected chi connectivity index (χ0v) is 13.6. The number of benzene rings is 2. The molecule has 0 heterocycles. The summed E-state index contributed by atoms with van der Waals surface area (Å²) in [5.74, 6) is 0.0463. The first-order valence-electron chi connectivity index (χ1n) is 8.56. The van der Waals surface area contributed by atoms with Crippen LogP contribution < -0.4 is 10.1 Å². The highest BCUT2D eigenvalue weighted by Crippen LogP contribution is 2.32. The molecule has 4 rings (SSSR count). The van der Waals surface area contributed by atoms with Gasteiger partial charge in [0.05, 0.1) is 12.7 Å². The quantitative estimate of drug-likeness (QED) is 0.857. The highest BCUT2D eigenvalue weighted by molar-refractivity contribution is 5.37. The van der Waals surface area contributed by atoms with E-state index >= 15 is 0 Å². The monoisotopic (exact) mass is 327 g/mol. The fourth-order valence-corrected chi connectivity index (χ4v) is 3.42. The maximum absolute atomic E-state index is 14.6. The highest BCUT2D eigenvalue weighted by atomic mass is 19.1. The van der Waals surface area contributed by atoms with Gasteiger partial charge in [-0.1, -0.05) is 36.4 Å². The Morgan fingerprint density at radius 2 is 1.79 bits per heavy atom. The first kappa shape index (κ1) is 15.6. The minimum Gasteiger partial charge on any atom is -0.487 e. The Balaban J connectivity index is 1.48. The van der Waals surface area contributed by atoms with Crippen LogP contribution in [0.5, 0.6) is 5.75 Å². The van der Waals surface area contributed by atoms with Crippen LogP contribution in [0.4, 0.5) is 4.39 Å². The van der Waals surface area contributed by atoms with Crippen LogP contribution in [-0.2, 0) is 19.4 Å². The number of aliphatic hydroxyl groups excluding tert-OH is 1.